The van der Waals surface area contributed by atoms with Gasteiger partial charge in [-0.25, -0.2) is 0 Å². The zero-order valence-electron chi connectivity index (χ0n) is 11.5. The summed E-state index contributed by atoms with van der Waals surface area (Å²) in [5.74, 6) is 1.63. The topological polar surface area (TPSA) is 46.1 Å². The van der Waals surface area contributed by atoms with Crippen LogP contribution in [-0.4, -0.2) is 20.8 Å². The van der Waals surface area contributed by atoms with Crippen molar-refractivity contribution < 1.29 is 15.2 Å². The first-order chi connectivity index (χ1) is 8.75. The van der Waals surface area contributed by atoms with Crippen LogP contribution in [0.1, 0.15) is 37.7 Å². The third-order valence-electron chi connectivity index (χ3n) is 4.29. The molecule has 0 aromatic heterocycles. The molecule has 1 saturated carbocycles. The molecule has 0 spiro atoms. The van der Waals surface area contributed by atoms with Crippen LogP contribution in [0.3, 0.4) is 0 Å². The van der Waals surface area contributed by atoms with Crippen molar-refractivity contribution in [2.75, 3.05) is 20.8 Å². The van der Waals surface area contributed by atoms with Gasteiger partial charge in [0.25, 0.3) is 0 Å². The third kappa shape index (κ3) is 2.32. The normalized spacial score (nSPS) is 18.4. The Labute approximate surface area is 109 Å². The third-order valence-corrected chi connectivity index (χ3v) is 4.29. The second kappa shape index (κ2) is 5.61. The van der Waals surface area contributed by atoms with Gasteiger partial charge in [0.15, 0.2) is 11.5 Å². The molecule has 18 heavy (non-hydrogen) atoms. The van der Waals surface area contributed by atoms with E-state index in [0.29, 0.717) is 0 Å². The van der Waals surface area contributed by atoms with Crippen molar-refractivity contribution >= 4 is 0 Å². The number of ether oxygens (including phenoxy) is 2. The van der Waals surface area contributed by atoms with Gasteiger partial charge in [0.1, 0.15) is 0 Å². The van der Waals surface area contributed by atoms with Gasteiger partial charge in [-0.15, -0.1) is 0 Å². The molecule has 3 nitrogen and oxygen atoms in total. The lowest BCUT2D eigenvalue weighted by Gasteiger charge is -2.35. The van der Waals surface area contributed by atoms with Crippen LogP contribution in [0.15, 0.2) is 18.2 Å². The molecule has 3 heteroatoms. The van der Waals surface area contributed by atoms with Crippen molar-refractivity contribution in [2.45, 2.75) is 37.5 Å². The van der Waals surface area contributed by atoms with Crippen LogP contribution in [0.4, 0.5) is 0 Å². The monoisotopic (exact) mass is 250 g/mol. The number of methoxy groups -OCH3 is 2. The van der Waals surface area contributed by atoms with E-state index >= 15 is 0 Å². The van der Waals surface area contributed by atoms with Gasteiger partial charge in [0.05, 0.1) is 20.8 Å². The van der Waals surface area contributed by atoms with Crippen molar-refractivity contribution in [3.8, 4) is 11.5 Å². The number of hydrogen-bond acceptors (Lipinski definition) is 2. The molecule has 0 aliphatic heterocycles. The molecule has 0 bridgehead atoms. The van der Waals surface area contributed by atoms with E-state index in [4.69, 9.17) is 9.47 Å². The van der Waals surface area contributed by atoms with Crippen LogP contribution in [-0.2, 0) is 5.41 Å². The average Bonchev–Trinajstić information content (AvgIpc) is 2.47. The maximum atomic E-state index is 5.41. The summed E-state index contributed by atoms with van der Waals surface area (Å²) in [7, 11) is 3.37. The molecule has 0 heterocycles. The average molecular weight is 250 g/mol. The van der Waals surface area contributed by atoms with Crippen LogP contribution in [0.25, 0.3) is 0 Å². The van der Waals surface area contributed by atoms with Crippen molar-refractivity contribution in [2.24, 2.45) is 0 Å². The van der Waals surface area contributed by atoms with E-state index in [1.165, 1.54) is 37.7 Å². The molecule has 1 aromatic rings. The fraction of sp³-hybridized carbons (Fsp3) is 0.600. The van der Waals surface area contributed by atoms with Crippen molar-refractivity contribution in [3.63, 3.8) is 0 Å². The van der Waals surface area contributed by atoms with Gasteiger partial charge in [-0.05, 0) is 30.5 Å². The molecule has 0 radical (unpaired) electrons. The molecule has 100 valence electrons. The van der Waals surface area contributed by atoms with Crippen molar-refractivity contribution in [1.82, 2.24) is 0 Å². The predicted molar refractivity (Wildman–Crippen MR) is 72.1 cm³/mol. The number of rotatable bonds is 4. The summed E-state index contributed by atoms with van der Waals surface area (Å²) in [4.78, 5) is 0. The highest BCUT2D eigenvalue weighted by molar-refractivity contribution is 5.45. The highest BCUT2D eigenvalue weighted by Gasteiger charge is 2.35. The van der Waals surface area contributed by atoms with Gasteiger partial charge >= 0.3 is 0 Å². The van der Waals surface area contributed by atoms with Gasteiger partial charge in [-0.1, -0.05) is 25.3 Å². The fourth-order valence-electron chi connectivity index (χ4n) is 3.08. The van der Waals surface area contributed by atoms with Crippen LogP contribution in [0, 0.1) is 0 Å². The largest absolute Gasteiger partial charge is 0.493 e. The minimum absolute atomic E-state index is 0.248. The fourth-order valence-corrected chi connectivity index (χ4v) is 3.08. The summed E-state index contributed by atoms with van der Waals surface area (Å²) in [6.07, 6.45) is 6.46. The Morgan fingerprint density at radius 2 is 1.72 bits per heavy atom. The van der Waals surface area contributed by atoms with Gasteiger partial charge in [0.2, 0.25) is 0 Å². The van der Waals surface area contributed by atoms with Crippen LogP contribution < -0.4 is 15.2 Å². The standard InChI is InChI=1S/C15H23NO2/c1-17-13-7-6-12(10-14(13)18-2)15(11-16)8-4-3-5-9-15/h6-7,10H,3-5,8-9,11,16H2,1-2H3/p+1. The summed E-state index contributed by atoms with van der Waals surface area (Å²) in [6.45, 7) is 0.961. The predicted octanol–water partition coefficient (Wildman–Crippen LogP) is 2.15. The highest BCUT2D eigenvalue weighted by Crippen LogP contribution is 2.41. The second-order valence-corrected chi connectivity index (χ2v) is 5.16. The molecule has 0 saturated heterocycles. The quantitative estimate of drug-likeness (QED) is 0.890. The maximum Gasteiger partial charge on any atom is 0.161 e. The first kappa shape index (κ1) is 13.2. The minimum atomic E-state index is 0.248. The molecule has 2 rings (SSSR count). The molecule has 0 unspecified atom stereocenters. The Balaban J connectivity index is 2.36. The van der Waals surface area contributed by atoms with Crippen LogP contribution in [0.2, 0.25) is 0 Å². The van der Waals surface area contributed by atoms with Crippen molar-refractivity contribution in [1.29, 1.82) is 0 Å². The van der Waals surface area contributed by atoms with Gasteiger partial charge in [-0.3, -0.25) is 0 Å². The first-order valence-electron chi connectivity index (χ1n) is 6.77. The Hall–Kier alpha value is -1.22. The maximum absolute atomic E-state index is 5.41. The molecule has 1 aliphatic rings. The number of quaternary nitrogens is 1. The summed E-state index contributed by atoms with van der Waals surface area (Å²) in [6, 6.07) is 6.33. The van der Waals surface area contributed by atoms with E-state index < -0.39 is 0 Å². The zero-order valence-corrected chi connectivity index (χ0v) is 11.5. The molecule has 1 aliphatic carbocycles. The molecule has 0 atom stereocenters. The van der Waals surface area contributed by atoms with Gasteiger partial charge in [-0.2, -0.15) is 0 Å². The number of benzene rings is 1. The Kier molecular flexibility index (Phi) is 4.12. The van der Waals surface area contributed by atoms with Crippen molar-refractivity contribution in [3.05, 3.63) is 23.8 Å². The number of hydrogen-bond donors (Lipinski definition) is 1. The summed E-state index contributed by atoms with van der Waals surface area (Å²) >= 11 is 0. The van der Waals surface area contributed by atoms with E-state index in [2.05, 4.69) is 17.9 Å². The Morgan fingerprint density at radius 1 is 1.06 bits per heavy atom. The van der Waals surface area contributed by atoms with E-state index in [0.717, 1.165) is 18.0 Å². The smallest absolute Gasteiger partial charge is 0.161 e. The SMILES string of the molecule is COc1ccc(C2(C[NH3+])CCCCC2)cc1OC. The second-order valence-electron chi connectivity index (χ2n) is 5.16. The van der Waals surface area contributed by atoms with E-state index in [9.17, 15) is 0 Å². The van der Waals surface area contributed by atoms with E-state index in [1.807, 2.05) is 6.07 Å². The molecule has 3 N–H and O–H groups in total. The summed E-state index contributed by atoms with van der Waals surface area (Å²) in [5, 5.41) is 0. The zero-order chi connectivity index (χ0) is 13.0. The van der Waals surface area contributed by atoms with E-state index in [1.54, 1.807) is 14.2 Å². The molecule has 1 fully saturated rings. The Morgan fingerprint density at radius 3 is 2.28 bits per heavy atom. The van der Waals surface area contributed by atoms with Crippen LogP contribution in [0.5, 0.6) is 11.5 Å². The van der Waals surface area contributed by atoms with Crippen LogP contribution >= 0.6 is 0 Å². The Bertz CT molecular complexity index is 397. The summed E-state index contributed by atoms with van der Waals surface area (Å²) in [5.41, 5.74) is 5.79. The highest BCUT2D eigenvalue weighted by atomic mass is 16.5. The van der Waals surface area contributed by atoms with E-state index in [-0.39, 0.29) is 5.41 Å². The first-order valence-corrected chi connectivity index (χ1v) is 6.77. The molecule has 0 amide bonds. The van der Waals surface area contributed by atoms with Gasteiger partial charge in [0, 0.05) is 5.41 Å². The lowest BCUT2D eigenvalue weighted by atomic mass is 9.69. The molecule has 1 aromatic carbocycles. The summed E-state index contributed by atoms with van der Waals surface area (Å²) < 4.78 is 10.7. The van der Waals surface area contributed by atoms with Gasteiger partial charge < -0.3 is 15.2 Å². The lowest BCUT2D eigenvalue weighted by Crippen LogP contribution is -2.60. The lowest BCUT2D eigenvalue weighted by molar-refractivity contribution is -0.385. The molecular weight excluding hydrogens is 226 g/mol. The molecular formula is C15H24NO2+. The minimum Gasteiger partial charge on any atom is -0.493 e.